The molecule has 0 saturated heterocycles. The smallest absolute Gasteiger partial charge is 0.247 e. The van der Waals surface area contributed by atoms with Gasteiger partial charge >= 0.3 is 0 Å². The first-order valence-corrected chi connectivity index (χ1v) is 9.42. The van der Waals surface area contributed by atoms with Crippen molar-refractivity contribution < 1.29 is 22.4 Å². The van der Waals surface area contributed by atoms with Crippen molar-refractivity contribution in [1.82, 2.24) is 15.1 Å². The van der Waals surface area contributed by atoms with Gasteiger partial charge < -0.3 is 9.73 Å². The third kappa shape index (κ3) is 5.24. The predicted octanol–water partition coefficient (Wildman–Crippen LogP) is 4.31. The molecule has 3 rings (SSSR count). The number of rotatable bonds is 8. The summed E-state index contributed by atoms with van der Waals surface area (Å²) in [7, 11) is 0. The van der Waals surface area contributed by atoms with E-state index in [1.165, 1.54) is 0 Å². The van der Waals surface area contributed by atoms with Crippen LogP contribution in [0, 0.1) is 24.4 Å². The number of nitrogens with zero attached hydrogens (tertiary/aromatic N) is 3. The van der Waals surface area contributed by atoms with Crippen LogP contribution >= 0.6 is 0 Å². The molecule has 0 fully saturated rings. The zero-order valence-corrected chi connectivity index (χ0v) is 16.6. The fourth-order valence-electron chi connectivity index (χ4n) is 2.95. The number of nitrogens with one attached hydrogen (secondary N) is 1. The molecular weight excluding hydrogens is 397 g/mol. The lowest BCUT2D eigenvalue weighted by Crippen LogP contribution is -2.33. The molecule has 1 amide bonds. The van der Waals surface area contributed by atoms with Crippen molar-refractivity contribution in [2.24, 2.45) is 0 Å². The first kappa shape index (κ1) is 21.5. The van der Waals surface area contributed by atoms with Gasteiger partial charge in [0, 0.05) is 5.56 Å². The second-order valence-corrected chi connectivity index (χ2v) is 6.85. The van der Waals surface area contributed by atoms with E-state index in [2.05, 4.69) is 15.5 Å². The van der Waals surface area contributed by atoms with Gasteiger partial charge in [-0.25, -0.2) is 13.2 Å². The van der Waals surface area contributed by atoms with Gasteiger partial charge in [0.25, 0.3) is 0 Å². The molecule has 1 aromatic heterocycles. The van der Waals surface area contributed by atoms with Crippen molar-refractivity contribution in [3.8, 4) is 11.5 Å². The van der Waals surface area contributed by atoms with Crippen LogP contribution in [0.1, 0.15) is 24.8 Å². The summed E-state index contributed by atoms with van der Waals surface area (Å²) in [6, 6.07) is 9.35. The molecule has 2 aromatic carbocycles. The minimum atomic E-state index is -1.63. The highest BCUT2D eigenvalue weighted by atomic mass is 19.2. The quantitative estimate of drug-likeness (QED) is 0.552. The summed E-state index contributed by atoms with van der Waals surface area (Å²) in [5.74, 6) is -4.27. The average molecular weight is 418 g/mol. The first-order valence-electron chi connectivity index (χ1n) is 9.42. The van der Waals surface area contributed by atoms with Crippen LogP contribution in [-0.2, 0) is 11.3 Å². The Bertz CT molecular complexity index is 1040. The lowest BCUT2D eigenvalue weighted by atomic mass is 10.1. The Morgan fingerprint density at radius 3 is 2.67 bits per heavy atom. The van der Waals surface area contributed by atoms with Gasteiger partial charge in [-0.2, -0.15) is 0 Å². The molecule has 0 bridgehead atoms. The second kappa shape index (κ2) is 9.53. The van der Waals surface area contributed by atoms with Crippen molar-refractivity contribution in [3.05, 3.63) is 65.3 Å². The number of amides is 1. The highest BCUT2D eigenvalue weighted by molar-refractivity contribution is 5.92. The van der Waals surface area contributed by atoms with Gasteiger partial charge in [-0.3, -0.25) is 9.69 Å². The fourth-order valence-corrected chi connectivity index (χ4v) is 2.95. The van der Waals surface area contributed by atoms with E-state index in [4.69, 9.17) is 4.42 Å². The van der Waals surface area contributed by atoms with Crippen LogP contribution in [0.2, 0.25) is 0 Å². The van der Waals surface area contributed by atoms with Crippen LogP contribution < -0.4 is 5.32 Å². The lowest BCUT2D eigenvalue weighted by Gasteiger charge is -2.19. The van der Waals surface area contributed by atoms with Gasteiger partial charge in [-0.05, 0) is 44.2 Å². The monoisotopic (exact) mass is 418 g/mol. The van der Waals surface area contributed by atoms with Gasteiger partial charge in [0.05, 0.1) is 18.8 Å². The predicted molar refractivity (Wildman–Crippen MR) is 105 cm³/mol. The third-order valence-corrected chi connectivity index (χ3v) is 4.31. The van der Waals surface area contributed by atoms with E-state index < -0.39 is 29.0 Å². The summed E-state index contributed by atoms with van der Waals surface area (Å²) in [5.41, 5.74) is 1.43. The molecule has 0 saturated carbocycles. The molecule has 30 heavy (non-hydrogen) atoms. The summed E-state index contributed by atoms with van der Waals surface area (Å²) in [6.07, 6.45) is 0.742. The number of hydrogen-bond acceptors (Lipinski definition) is 5. The lowest BCUT2D eigenvalue weighted by molar-refractivity contribution is -0.117. The minimum Gasteiger partial charge on any atom is -0.419 e. The number of hydrogen-bond donors (Lipinski definition) is 1. The fraction of sp³-hybridized carbons (Fsp3) is 0.286. The van der Waals surface area contributed by atoms with E-state index in [-0.39, 0.29) is 13.1 Å². The van der Waals surface area contributed by atoms with Crippen LogP contribution in [0.15, 0.2) is 40.8 Å². The van der Waals surface area contributed by atoms with E-state index in [1.807, 2.05) is 38.1 Å². The van der Waals surface area contributed by atoms with Gasteiger partial charge in [0.2, 0.25) is 17.7 Å². The summed E-state index contributed by atoms with van der Waals surface area (Å²) in [4.78, 5) is 14.0. The van der Waals surface area contributed by atoms with E-state index in [0.29, 0.717) is 18.3 Å². The topological polar surface area (TPSA) is 71.3 Å². The second-order valence-electron chi connectivity index (χ2n) is 6.85. The largest absolute Gasteiger partial charge is 0.419 e. The summed E-state index contributed by atoms with van der Waals surface area (Å²) in [5, 5.41) is 10.3. The number of benzene rings is 2. The molecule has 0 radical (unpaired) electrons. The Labute approximate surface area is 171 Å². The molecule has 0 spiro atoms. The molecule has 0 aliphatic heterocycles. The van der Waals surface area contributed by atoms with Gasteiger partial charge in [-0.15, -0.1) is 10.2 Å². The van der Waals surface area contributed by atoms with Crippen LogP contribution in [0.4, 0.5) is 18.9 Å². The molecular formula is C21H21F3N4O2. The number of carbonyl (C=O) groups excluding carboxylic acids is 1. The van der Waals surface area contributed by atoms with E-state index in [1.54, 1.807) is 4.90 Å². The normalized spacial score (nSPS) is 11.1. The van der Waals surface area contributed by atoms with Crippen LogP contribution in [0.25, 0.3) is 11.5 Å². The highest BCUT2D eigenvalue weighted by Gasteiger charge is 2.18. The molecule has 158 valence electrons. The third-order valence-electron chi connectivity index (χ3n) is 4.31. The molecule has 0 atom stereocenters. The Kier molecular flexibility index (Phi) is 6.83. The van der Waals surface area contributed by atoms with Crippen molar-refractivity contribution in [1.29, 1.82) is 0 Å². The van der Waals surface area contributed by atoms with Gasteiger partial charge in [0.1, 0.15) is 0 Å². The number of carbonyl (C=O) groups is 1. The van der Waals surface area contributed by atoms with Crippen molar-refractivity contribution >= 4 is 11.6 Å². The van der Waals surface area contributed by atoms with E-state index in [0.717, 1.165) is 29.7 Å². The Hall–Kier alpha value is -3.20. The summed E-state index contributed by atoms with van der Waals surface area (Å²) < 4.78 is 45.9. The number of aryl methyl sites for hydroxylation is 1. The maximum atomic E-state index is 13.8. The van der Waals surface area contributed by atoms with Gasteiger partial charge in [0.15, 0.2) is 17.5 Å². The summed E-state index contributed by atoms with van der Waals surface area (Å²) in [6.45, 7) is 4.52. The zero-order valence-electron chi connectivity index (χ0n) is 16.6. The molecule has 1 N–H and O–H groups in total. The van der Waals surface area contributed by atoms with E-state index >= 15 is 0 Å². The number of halogens is 3. The maximum absolute atomic E-state index is 13.8. The zero-order chi connectivity index (χ0) is 21.7. The Morgan fingerprint density at radius 1 is 1.13 bits per heavy atom. The summed E-state index contributed by atoms with van der Waals surface area (Å²) >= 11 is 0. The minimum absolute atomic E-state index is 0.117. The first-order chi connectivity index (χ1) is 14.4. The molecule has 0 unspecified atom stereocenters. The molecule has 3 aromatic rings. The standard InChI is InChI=1S/C21H21F3N4O2/c1-3-9-28(11-17(29)25-16-8-7-15(22)19(23)20(16)24)12-18-26-27-21(30-18)14-6-4-5-13(2)10-14/h4-8,10H,3,9,11-12H2,1-2H3,(H,25,29). The van der Waals surface area contributed by atoms with Crippen molar-refractivity contribution in [2.45, 2.75) is 26.8 Å². The molecule has 1 heterocycles. The SMILES string of the molecule is CCCN(CC(=O)Nc1ccc(F)c(F)c1F)Cc1nnc(-c2cccc(C)c2)o1. The molecule has 0 aliphatic carbocycles. The molecule has 0 aliphatic rings. The number of aromatic nitrogens is 2. The van der Waals surface area contributed by atoms with E-state index in [9.17, 15) is 18.0 Å². The van der Waals surface area contributed by atoms with Crippen molar-refractivity contribution in [3.63, 3.8) is 0 Å². The van der Waals surface area contributed by atoms with Crippen LogP contribution in [-0.4, -0.2) is 34.1 Å². The average Bonchev–Trinajstić information content (AvgIpc) is 3.17. The maximum Gasteiger partial charge on any atom is 0.247 e. The molecule has 6 nitrogen and oxygen atoms in total. The number of anilines is 1. The van der Waals surface area contributed by atoms with Crippen LogP contribution in [0.5, 0.6) is 0 Å². The Morgan fingerprint density at radius 2 is 1.93 bits per heavy atom. The van der Waals surface area contributed by atoms with Crippen molar-refractivity contribution in [2.75, 3.05) is 18.4 Å². The van der Waals surface area contributed by atoms with Crippen LogP contribution in [0.3, 0.4) is 0 Å². The highest BCUT2D eigenvalue weighted by Crippen LogP contribution is 2.21. The Balaban J connectivity index is 1.66. The van der Waals surface area contributed by atoms with Gasteiger partial charge in [-0.1, -0.05) is 24.6 Å². The molecule has 9 heteroatoms.